The van der Waals surface area contributed by atoms with Crippen molar-refractivity contribution >= 4 is 27.5 Å². The first-order valence-electron chi connectivity index (χ1n) is 13.7. The van der Waals surface area contributed by atoms with Gasteiger partial charge in [-0.15, -0.1) is 0 Å². The van der Waals surface area contributed by atoms with Gasteiger partial charge in [-0.05, 0) is 42.0 Å². The van der Waals surface area contributed by atoms with Crippen LogP contribution in [-0.4, -0.2) is 50.5 Å². The summed E-state index contributed by atoms with van der Waals surface area (Å²) in [5.74, 6) is -0.482. The normalized spacial score (nSPS) is 12.2. The van der Waals surface area contributed by atoms with Crippen LogP contribution in [0.5, 0.6) is 0 Å². The maximum Gasteiger partial charge on any atom is 0.244 e. The Kier molecular flexibility index (Phi) is 10.9. The molecule has 0 radical (unpaired) electrons. The number of benzene rings is 3. The first-order valence-corrected chi connectivity index (χ1v) is 15.6. The summed E-state index contributed by atoms with van der Waals surface area (Å²) in [7, 11) is -3.80. The van der Waals surface area contributed by atoms with E-state index in [0.29, 0.717) is 25.1 Å². The van der Waals surface area contributed by atoms with Gasteiger partial charge in [0.1, 0.15) is 12.6 Å². The van der Waals surface area contributed by atoms with Crippen LogP contribution in [-0.2, 0) is 39.0 Å². The molecule has 0 aliphatic rings. The van der Waals surface area contributed by atoms with Gasteiger partial charge < -0.3 is 10.2 Å². The Morgan fingerprint density at radius 2 is 1.50 bits per heavy atom. The molecule has 40 heavy (non-hydrogen) atoms. The fourth-order valence-corrected chi connectivity index (χ4v) is 5.39. The minimum atomic E-state index is -3.80. The minimum Gasteiger partial charge on any atom is -0.354 e. The van der Waals surface area contributed by atoms with E-state index in [4.69, 9.17) is 0 Å². The van der Waals surface area contributed by atoms with Gasteiger partial charge in [0.25, 0.3) is 0 Å². The molecule has 7 nitrogen and oxygen atoms in total. The van der Waals surface area contributed by atoms with Crippen LogP contribution in [0.15, 0.2) is 78.9 Å². The molecule has 3 aromatic rings. The molecule has 1 atom stereocenters. The number of para-hydroxylation sites is 1. The zero-order chi connectivity index (χ0) is 29.3. The van der Waals surface area contributed by atoms with Gasteiger partial charge >= 0.3 is 0 Å². The van der Waals surface area contributed by atoms with Gasteiger partial charge in [0, 0.05) is 19.5 Å². The maximum absolute atomic E-state index is 14.2. The topological polar surface area (TPSA) is 86.8 Å². The molecule has 0 unspecified atom stereocenters. The quantitative estimate of drug-likeness (QED) is 0.326. The number of carbonyl (C=O) groups excluding carboxylic acids is 2. The molecule has 3 aromatic carbocycles. The van der Waals surface area contributed by atoms with Gasteiger partial charge in [-0.3, -0.25) is 13.9 Å². The van der Waals surface area contributed by atoms with Gasteiger partial charge in [0.15, 0.2) is 0 Å². The van der Waals surface area contributed by atoms with Crippen LogP contribution in [0.3, 0.4) is 0 Å². The standard InChI is InChI=1S/C32H41N3O4S/c1-6-28-14-10-11-15-29(28)35(40(5,38)39)23-31(36)34(22-27-18-16-25(4)17-19-27)30(32(37)33-21-24(2)3)20-26-12-8-7-9-13-26/h7-19,24,30H,6,20-23H2,1-5H3,(H,33,37)/t30-/m0/s1. The smallest absolute Gasteiger partial charge is 0.244 e. The van der Waals surface area contributed by atoms with Crippen LogP contribution in [0.2, 0.25) is 0 Å². The summed E-state index contributed by atoms with van der Waals surface area (Å²) in [6, 6.07) is 23.7. The molecule has 0 aliphatic heterocycles. The summed E-state index contributed by atoms with van der Waals surface area (Å²) in [5.41, 5.74) is 4.14. The van der Waals surface area contributed by atoms with E-state index in [1.807, 2.05) is 94.4 Å². The number of sulfonamides is 1. The summed E-state index contributed by atoms with van der Waals surface area (Å²) in [6.07, 6.45) is 2.01. The second-order valence-corrected chi connectivity index (χ2v) is 12.5. The second kappa shape index (κ2) is 14.1. The lowest BCUT2D eigenvalue weighted by molar-refractivity contribution is -0.140. The Labute approximate surface area is 239 Å². The van der Waals surface area contributed by atoms with Gasteiger partial charge in [0.2, 0.25) is 21.8 Å². The summed E-state index contributed by atoms with van der Waals surface area (Å²) in [5, 5.41) is 3.00. The van der Waals surface area contributed by atoms with Crippen LogP contribution in [0.25, 0.3) is 0 Å². The number of amides is 2. The average molecular weight is 564 g/mol. The summed E-state index contributed by atoms with van der Waals surface area (Å²) >= 11 is 0. The van der Waals surface area contributed by atoms with Crippen LogP contribution >= 0.6 is 0 Å². The van der Waals surface area contributed by atoms with Crippen LogP contribution in [0.1, 0.15) is 43.0 Å². The largest absolute Gasteiger partial charge is 0.354 e. The van der Waals surface area contributed by atoms with E-state index in [2.05, 4.69) is 5.32 Å². The summed E-state index contributed by atoms with van der Waals surface area (Å²) in [6.45, 7) is 8.17. The van der Waals surface area contributed by atoms with Crippen LogP contribution in [0.4, 0.5) is 5.69 Å². The van der Waals surface area contributed by atoms with E-state index >= 15 is 0 Å². The third-order valence-corrected chi connectivity index (χ3v) is 7.88. The summed E-state index contributed by atoms with van der Waals surface area (Å²) < 4.78 is 27.2. The van der Waals surface area contributed by atoms with Gasteiger partial charge in [-0.2, -0.15) is 0 Å². The molecule has 0 fully saturated rings. The number of anilines is 1. The van der Waals surface area contributed by atoms with Crippen LogP contribution in [0, 0.1) is 12.8 Å². The first-order chi connectivity index (χ1) is 19.0. The van der Waals surface area contributed by atoms with E-state index in [1.165, 1.54) is 4.90 Å². The highest BCUT2D eigenvalue weighted by Gasteiger charge is 2.33. The molecule has 0 spiro atoms. The van der Waals surface area contributed by atoms with Crippen LogP contribution < -0.4 is 9.62 Å². The Morgan fingerprint density at radius 1 is 0.875 bits per heavy atom. The third-order valence-electron chi connectivity index (χ3n) is 6.75. The average Bonchev–Trinajstić information content (AvgIpc) is 2.93. The zero-order valence-electron chi connectivity index (χ0n) is 24.1. The van der Waals surface area contributed by atoms with Crippen molar-refractivity contribution in [1.82, 2.24) is 10.2 Å². The van der Waals surface area contributed by atoms with E-state index < -0.39 is 28.5 Å². The molecule has 1 N–H and O–H groups in total. The number of hydrogen-bond donors (Lipinski definition) is 1. The number of rotatable bonds is 13. The first kappa shape index (κ1) is 30.9. The van der Waals surface area contributed by atoms with Crippen molar-refractivity contribution < 1.29 is 18.0 Å². The molecule has 0 saturated heterocycles. The maximum atomic E-state index is 14.2. The highest BCUT2D eigenvalue weighted by Crippen LogP contribution is 2.24. The SMILES string of the molecule is CCc1ccccc1N(CC(=O)N(Cc1ccc(C)cc1)[C@@H](Cc1ccccc1)C(=O)NCC(C)C)S(C)(=O)=O. The fourth-order valence-electron chi connectivity index (χ4n) is 4.51. The van der Waals surface area contributed by atoms with Crippen molar-refractivity contribution in [3.8, 4) is 0 Å². The molecule has 0 bridgehead atoms. The van der Waals surface area contributed by atoms with Crippen molar-refractivity contribution in [3.05, 3.63) is 101 Å². The number of nitrogens with one attached hydrogen (secondary N) is 1. The van der Waals surface area contributed by atoms with Crippen molar-refractivity contribution in [3.63, 3.8) is 0 Å². The molecule has 0 saturated carbocycles. The zero-order valence-corrected chi connectivity index (χ0v) is 24.9. The molecule has 0 heterocycles. The Hall–Kier alpha value is -3.65. The number of nitrogens with zero attached hydrogens (tertiary/aromatic N) is 2. The predicted octanol–water partition coefficient (Wildman–Crippen LogP) is 4.74. The molecular weight excluding hydrogens is 522 g/mol. The highest BCUT2D eigenvalue weighted by atomic mass is 32.2. The molecule has 3 rings (SSSR count). The van der Waals surface area contributed by atoms with Crippen molar-refractivity contribution in [2.75, 3.05) is 23.7 Å². The molecule has 0 aliphatic carbocycles. The van der Waals surface area contributed by atoms with Crippen molar-refractivity contribution in [2.45, 2.75) is 53.1 Å². The van der Waals surface area contributed by atoms with E-state index in [0.717, 1.165) is 32.8 Å². The Balaban J connectivity index is 2.06. The van der Waals surface area contributed by atoms with Gasteiger partial charge in [-0.1, -0.05) is 99.1 Å². The van der Waals surface area contributed by atoms with Gasteiger partial charge in [0.05, 0.1) is 11.9 Å². The highest BCUT2D eigenvalue weighted by molar-refractivity contribution is 7.92. The Morgan fingerprint density at radius 3 is 2.10 bits per heavy atom. The fraction of sp³-hybridized carbons (Fsp3) is 0.375. The van der Waals surface area contributed by atoms with E-state index in [-0.39, 0.29) is 18.4 Å². The minimum absolute atomic E-state index is 0.165. The van der Waals surface area contributed by atoms with E-state index in [9.17, 15) is 18.0 Å². The van der Waals surface area contributed by atoms with Crippen molar-refractivity contribution in [2.24, 2.45) is 5.92 Å². The molecule has 8 heteroatoms. The Bertz CT molecular complexity index is 1370. The number of carbonyl (C=O) groups is 2. The lowest BCUT2D eigenvalue weighted by atomic mass is 10.0. The van der Waals surface area contributed by atoms with Crippen molar-refractivity contribution in [1.29, 1.82) is 0 Å². The van der Waals surface area contributed by atoms with E-state index in [1.54, 1.807) is 12.1 Å². The molecule has 2 amide bonds. The summed E-state index contributed by atoms with van der Waals surface area (Å²) in [4.78, 5) is 29.3. The monoisotopic (exact) mass is 563 g/mol. The lowest BCUT2D eigenvalue weighted by Gasteiger charge is -2.34. The molecule has 0 aromatic heterocycles. The number of hydrogen-bond acceptors (Lipinski definition) is 4. The molecule has 214 valence electrons. The lowest BCUT2D eigenvalue weighted by Crippen LogP contribution is -2.53. The second-order valence-electron chi connectivity index (χ2n) is 10.6. The number of aryl methyl sites for hydroxylation is 2. The third kappa shape index (κ3) is 8.68. The predicted molar refractivity (Wildman–Crippen MR) is 162 cm³/mol. The molecular formula is C32H41N3O4S. The van der Waals surface area contributed by atoms with Gasteiger partial charge in [-0.25, -0.2) is 8.42 Å².